The molecule has 1 aromatic rings. The lowest BCUT2D eigenvalue weighted by molar-refractivity contribution is -0.149. The van der Waals surface area contributed by atoms with Crippen molar-refractivity contribution < 1.29 is 28.2 Å². The molecule has 0 saturated heterocycles. The van der Waals surface area contributed by atoms with Crippen LogP contribution in [-0.2, 0) is 23.9 Å². The molecular formula is C17H22FNO5S. The van der Waals surface area contributed by atoms with E-state index in [4.69, 9.17) is 4.74 Å². The third-order valence-electron chi connectivity index (χ3n) is 3.53. The third kappa shape index (κ3) is 7.13. The number of carbonyl (C=O) groups excluding carboxylic acids is 3. The van der Waals surface area contributed by atoms with Crippen molar-refractivity contribution in [2.24, 2.45) is 5.92 Å². The first-order valence-corrected chi connectivity index (χ1v) is 8.77. The highest BCUT2D eigenvalue weighted by Crippen LogP contribution is 2.21. The van der Waals surface area contributed by atoms with Gasteiger partial charge < -0.3 is 14.8 Å². The van der Waals surface area contributed by atoms with Crippen LogP contribution in [0.4, 0.5) is 4.39 Å². The van der Waals surface area contributed by atoms with Gasteiger partial charge in [0.15, 0.2) is 6.61 Å². The largest absolute Gasteiger partial charge is 0.467 e. The first-order chi connectivity index (χ1) is 11.9. The molecule has 0 radical (unpaired) electrons. The molecular weight excluding hydrogens is 349 g/mol. The molecule has 25 heavy (non-hydrogen) atoms. The highest BCUT2D eigenvalue weighted by molar-refractivity contribution is 8.00. The van der Waals surface area contributed by atoms with E-state index in [2.05, 4.69) is 10.1 Å². The summed E-state index contributed by atoms with van der Waals surface area (Å²) in [4.78, 5) is 35.5. The van der Waals surface area contributed by atoms with Gasteiger partial charge in [-0.25, -0.2) is 9.18 Å². The zero-order valence-electron chi connectivity index (χ0n) is 14.4. The first-order valence-electron chi connectivity index (χ1n) is 7.79. The second-order valence-electron chi connectivity index (χ2n) is 5.33. The van der Waals surface area contributed by atoms with Crippen molar-refractivity contribution in [3.63, 3.8) is 0 Å². The lowest BCUT2D eigenvalue weighted by atomic mass is 9.99. The smallest absolute Gasteiger partial charge is 0.328 e. The average Bonchev–Trinajstić information content (AvgIpc) is 2.62. The summed E-state index contributed by atoms with van der Waals surface area (Å²) in [6.45, 7) is 3.17. The van der Waals surface area contributed by atoms with Crippen molar-refractivity contribution in [1.82, 2.24) is 5.32 Å². The minimum atomic E-state index is -0.797. The molecule has 0 heterocycles. The highest BCUT2D eigenvalue weighted by atomic mass is 32.2. The van der Waals surface area contributed by atoms with Crippen LogP contribution in [0.1, 0.15) is 20.3 Å². The van der Waals surface area contributed by atoms with Crippen LogP contribution in [0.15, 0.2) is 29.2 Å². The lowest BCUT2D eigenvalue weighted by Crippen LogP contribution is -2.47. The fraction of sp³-hybridized carbons (Fsp3) is 0.471. The Balaban J connectivity index is 2.42. The number of ether oxygens (including phenoxy) is 2. The topological polar surface area (TPSA) is 81.7 Å². The van der Waals surface area contributed by atoms with Crippen molar-refractivity contribution in [2.45, 2.75) is 31.2 Å². The van der Waals surface area contributed by atoms with Crippen LogP contribution in [-0.4, -0.2) is 43.4 Å². The molecule has 138 valence electrons. The van der Waals surface area contributed by atoms with Gasteiger partial charge in [-0.2, -0.15) is 0 Å². The van der Waals surface area contributed by atoms with Crippen LogP contribution in [0.3, 0.4) is 0 Å². The van der Waals surface area contributed by atoms with Gasteiger partial charge in [0.1, 0.15) is 11.9 Å². The van der Waals surface area contributed by atoms with Crippen molar-refractivity contribution in [2.75, 3.05) is 19.5 Å². The number of benzene rings is 1. The van der Waals surface area contributed by atoms with Gasteiger partial charge in [0.25, 0.3) is 5.91 Å². The van der Waals surface area contributed by atoms with Crippen LogP contribution in [0.25, 0.3) is 0 Å². The molecule has 0 aromatic heterocycles. The summed E-state index contributed by atoms with van der Waals surface area (Å²) in [6, 6.07) is 5.26. The number of thioether (sulfide) groups is 1. The first kappa shape index (κ1) is 21.0. The summed E-state index contributed by atoms with van der Waals surface area (Å²) in [5.41, 5.74) is 0. The summed E-state index contributed by atoms with van der Waals surface area (Å²) in [6.07, 6.45) is 0.666. The molecule has 0 saturated carbocycles. The Morgan fingerprint density at radius 1 is 1.28 bits per heavy atom. The third-order valence-corrected chi connectivity index (χ3v) is 4.55. The predicted molar refractivity (Wildman–Crippen MR) is 91.5 cm³/mol. The van der Waals surface area contributed by atoms with Crippen LogP contribution in [0.5, 0.6) is 0 Å². The molecule has 1 N–H and O–H groups in total. The number of nitrogens with one attached hydrogen (secondary N) is 1. The van der Waals surface area contributed by atoms with Gasteiger partial charge in [-0.3, -0.25) is 9.59 Å². The Kier molecular flexibility index (Phi) is 8.98. The van der Waals surface area contributed by atoms with Crippen molar-refractivity contribution in [3.8, 4) is 0 Å². The standard InChI is InChI=1S/C17H22FNO5S/c1-4-11(2)16(17(22)23-3)19-14(20)9-24-15(21)10-25-13-8-6-5-7-12(13)18/h5-8,11,16H,4,9-10H2,1-3H3,(H,19,20)/t11-,16-/m1/s1. The summed E-state index contributed by atoms with van der Waals surface area (Å²) in [5, 5.41) is 2.50. The minimum absolute atomic E-state index is 0.122. The van der Waals surface area contributed by atoms with Gasteiger partial charge in [-0.1, -0.05) is 32.4 Å². The monoisotopic (exact) mass is 371 g/mol. The number of halogens is 1. The second-order valence-corrected chi connectivity index (χ2v) is 6.35. The van der Waals surface area contributed by atoms with E-state index >= 15 is 0 Å². The van der Waals surface area contributed by atoms with Crippen LogP contribution in [0, 0.1) is 11.7 Å². The molecule has 8 heteroatoms. The SMILES string of the molecule is CC[C@@H](C)[C@@H](NC(=O)COC(=O)CSc1ccccc1F)C(=O)OC. The summed E-state index contributed by atoms with van der Waals surface area (Å²) in [7, 11) is 1.24. The zero-order chi connectivity index (χ0) is 18.8. The maximum atomic E-state index is 13.4. The van der Waals surface area contributed by atoms with E-state index in [1.807, 2.05) is 6.92 Å². The summed E-state index contributed by atoms with van der Waals surface area (Å²) < 4.78 is 22.9. The average molecular weight is 371 g/mol. The van der Waals surface area contributed by atoms with E-state index in [-0.39, 0.29) is 11.7 Å². The van der Waals surface area contributed by atoms with Gasteiger partial charge >= 0.3 is 11.9 Å². The molecule has 0 aliphatic rings. The highest BCUT2D eigenvalue weighted by Gasteiger charge is 2.26. The van der Waals surface area contributed by atoms with Crippen molar-refractivity contribution in [3.05, 3.63) is 30.1 Å². The molecule has 0 aliphatic heterocycles. The predicted octanol–water partition coefficient (Wildman–Crippen LogP) is 2.16. The van der Waals surface area contributed by atoms with Crippen LogP contribution < -0.4 is 5.32 Å². The molecule has 0 unspecified atom stereocenters. The zero-order valence-corrected chi connectivity index (χ0v) is 15.2. The van der Waals surface area contributed by atoms with E-state index in [0.717, 1.165) is 11.8 Å². The molecule has 1 amide bonds. The normalized spacial score (nSPS) is 12.8. The molecule has 0 aliphatic carbocycles. The second kappa shape index (κ2) is 10.7. The van der Waals surface area contributed by atoms with Gasteiger partial charge in [0.05, 0.1) is 12.9 Å². The number of rotatable bonds is 9. The van der Waals surface area contributed by atoms with Gasteiger partial charge in [0, 0.05) is 4.90 Å². The van der Waals surface area contributed by atoms with Gasteiger partial charge in [-0.05, 0) is 18.1 Å². The van der Waals surface area contributed by atoms with Crippen molar-refractivity contribution in [1.29, 1.82) is 0 Å². The number of esters is 2. The van der Waals surface area contributed by atoms with E-state index in [9.17, 15) is 18.8 Å². The van der Waals surface area contributed by atoms with Gasteiger partial charge in [-0.15, -0.1) is 11.8 Å². The maximum absolute atomic E-state index is 13.4. The molecule has 1 aromatic carbocycles. The Morgan fingerprint density at radius 3 is 2.56 bits per heavy atom. The van der Waals surface area contributed by atoms with Crippen LogP contribution in [0.2, 0.25) is 0 Å². The Morgan fingerprint density at radius 2 is 1.96 bits per heavy atom. The lowest BCUT2D eigenvalue weighted by Gasteiger charge is -2.21. The molecule has 0 fully saturated rings. The molecule has 0 bridgehead atoms. The van der Waals surface area contributed by atoms with Crippen molar-refractivity contribution >= 4 is 29.6 Å². The fourth-order valence-electron chi connectivity index (χ4n) is 1.90. The maximum Gasteiger partial charge on any atom is 0.328 e. The summed E-state index contributed by atoms with van der Waals surface area (Å²) in [5.74, 6) is -2.47. The van der Waals surface area contributed by atoms with E-state index in [0.29, 0.717) is 11.3 Å². The number of hydrogen-bond donors (Lipinski definition) is 1. The number of carbonyl (C=O) groups is 3. The molecule has 1 rings (SSSR count). The number of amides is 1. The fourth-order valence-corrected chi connectivity index (χ4v) is 2.63. The number of hydrogen-bond acceptors (Lipinski definition) is 6. The van der Waals surface area contributed by atoms with E-state index in [1.54, 1.807) is 25.1 Å². The Bertz CT molecular complexity index is 610. The Labute approximate surface area is 150 Å². The van der Waals surface area contributed by atoms with E-state index < -0.39 is 36.3 Å². The molecule has 2 atom stereocenters. The summed E-state index contributed by atoms with van der Waals surface area (Å²) >= 11 is 0.982. The molecule has 0 spiro atoms. The Hall–Kier alpha value is -2.09. The van der Waals surface area contributed by atoms with Crippen LogP contribution >= 0.6 is 11.8 Å². The van der Waals surface area contributed by atoms with Gasteiger partial charge in [0.2, 0.25) is 0 Å². The number of methoxy groups -OCH3 is 1. The quantitative estimate of drug-likeness (QED) is 0.529. The minimum Gasteiger partial charge on any atom is -0.467 e. The molecule has 6 nitrogen and oxygen atoms in total. The van der Waals surface area contributed by atoms with E-state index in [1.165, 1.54) is 13.2 Å².